The van der Waals surface area contributed by atoms with E-state index in [2.05, 4.69) is 10.3 Å². The van der Waals surface area contributed by atoms with Crippen LogP contribution in [0.5, 0.6) is 11.6 Å². The van der Waals surface area contributed by atoms with Crippen molar-refractivity contribution in [3.8, 4) is 11.6 Å². The maximum atomic E-state index is 12.7. The molecular formula is C19H23N3O3. The van der Waals surface area contributed by atoms with E-state index in [-0.39, 0.29) is 12.1 Å². The molecule has 1 N–H and O–H groups in total. The van der Waals surface area contributed by atoms with E-state index in [4.69, 9.17) is 9.47 Å². The first-order chi connectivity index (χ1) is 12.2. The Morgan fingerprint density at radius 1 is 1.28 bits per heavy atom. The number of likely N-dealkylation sites (tertiary alicyclic amines) is 1. The molecular weight excluding hydrogens is 318 g/mol. The van der Waals surface area contributed by atoms with Crippen molar-refractivity contribution in [3.05, 3.63) is 53.7 Å². The van der Waals surface area contributed by atoms with Crippen LogP contribution in [0, 0.1) is 0 Å². The molecule has 2 heterocycles. The average molecular weight is 341 g/mol. The zero-order chi connectivity index (χ0) is 17.6. The van der Waals surface area contributed by atoms with Gasteiger partial charge < -0.3 is 19.7 Å². The highest BCUT2D eigenvalue weighted by atomic mass is 16.5. The second kappa shape index (κ2) is 7.88. The average Bonchev–Trinajstić information content (AvgIpc) is 3.16. The number of amides is 2. The Hall–Kier alpha value is -2.76. The third-order valence-corrected chi connectivity index (χ3v) is 4.47. The van der Waals surface area contributed by atoms with Gasteiger partial charge in [-0.2, -0.15) is 0 Å². The molecule has 0 spiro atoms. The van der Waals surface area contributed by atoms with Gasteiger partial charge in [0.15, 0.2) is 0 Å². The minimum Gasteiger partial charge on any atom is -0.497 e. The number of ether oxygens (including phenoxy) is 2. The monoisotopic (exact) mass is 341 g/mol. The van der Waals surface area contributed by atoms with Gasteiger partial charge in [-0.05, 0) is 36.6 Å². The molecule has 0 aliphatic carbocycles. The SMILES string of the molecule is COc1cccc(C2CCCN2C(=O)NCc2cccnc2OC)c1. The van der Waals surface area contributed by atoms with Crippen LogP contribution < -0.4 is 14.8 Å². The number of carbonyl (C=O) groups excluding carboxylic acids is 1. The molecule has 0 saturated carbocycles. The maximum absolute atomic E-state index is 12.7. The predicted molar refractivity (Wildman–Crippen MR) is 94.7 cm³/mol. The summed E-state index contributed by atoms with van der Waals surface area (Å²) in [5, 5.41) is 2.98. The van der Waals surface area contributed by atoms with Crippen molar-refractivity contribution in [1.29, 1.82) is 0 Å². The van der Waals surface area contributed by atoms with Gasteiger partial charge in [0.2, 0.25) is 5.88 Å². The van der Waals surface area contributed by atoms with Crippen LogP contribution in [-0.2, 0) is 6.54 Å². The quantitative estimate of drug-likeness (QED) is 0.907. The largest absolute Gasteiger partial charge is 0.497 e. The summed E-state index contributed by atoms with van der Waals surface area (Å²) in [6.07, 6.45) is 3.62. The number of methoxy groups -OCH3 is 2. The number of nitrogens with zero attached hydrogens (tertiary/aromatic N) is 2. The zero-order valence-corrected chi connectivity index (χ0v) is 14.6. The number of rotatable bonds is 5. The van der Waals surface area contributed by atoms with Crippen molar-refractivity contribution in [2.45, 2.75) is 25.4 Å². The number of benzene rings is 1. The third kappa shape index (κ3) is 3.84. The number of hydrogen-bond donors (Lipinski definition) is 1. The van der Waals surface area contributed by atoms with E-state index < -0.39 is 0 Å². The van der Waals surface area contributed by atoms with Gasteiger partial charge in [-0.3, -0.25) is 0 Å². The fourth-order valence-electron chi connectivity index (χ4n) is 3.22. The number of nitrogens with one attached hydrogen (secondary N) is 1. The zero-order valence-electron chi connectivity index (χ0n) is 14.6. The fourth-order valence-corrected chi connectivity index (χ4v) is 3.22. The number of hydrogen-bond acceptors (Lipinski definition) is 4. The molecule has 1 aromatic carbocycles. The van der Waals surface area contributed by atoms with Gasteiger partial charge >= 0.3 is 6.03 Å². The Labute approximate surface area is 147 Å². The number of urea groups is 1. The molecule has 1 fully saturated rings. The fraction of sp³-hybridized carbons (Fsp3) is 0.368. The second-order valence-electron chi connectivity index (χ2n) is 5.96. The molecule has 2 aromatic rings. The van der Waals surface area contributed by atoms with E-state index in [1.165, 1.54) is 0 Å². The van der Waals surface area contributed by atoms with E-state index in [1.54, 1.807) is 20.4 Å². The number of aromatic nitrogens is 1. The maximum Gasteiger partial charge on any atom is 0.318 e. The van der Waals surface area contributed by atoms with Gasteiger partial charge in [0.25, 0.3) is 0 Å². The van der Waals surface area contributed by atoms with Crippen molar-refractivity contribution in [2.24, 2.45) is 0 Å². The molecule has 1 aliphatic heterocycles. The Morgan fingerprint density at radius 3 is 2.96 bits per heavy atom. The van der Waals surface area contributed by atoms with Crippen molar-refractivity contribution in [3.63, 3.8) is 0 Å². The molecule has 3 rings (SSSR count). The Morgan fingerprint density at radius 2 is 2.16 bits per heavy atom. The van der Waals surface area contributed by atoms with Crippen LogP contribution in [0.4, 0.5) is 4.79 Å². The van der Waals surface area contributed by atoms with Gasteiger partial charge in [0.1, 0.15) is 5.75 Å². The Bertz CT molecular complexity index is 735. The molecule has 1 aliphatic rings. The van der Waals surface area contributed by atoms with Crippen molar-refractivity contribution in [1.82, 2.24) is 15.2 Å². The summed E-state index contributed by atoms with van der Waals surface area (Å²) in [6, 6.07) is 11.7. The molecule has 6 nitrogen and oxygen atoms in total. The highest BCUT2D eigenvalue weighted by molar-refractivity contribution is 5.75. The lowest BCUT2D eigenvalue weighted by molar-refractivity contribution is 0.192. The molecule has 2 amide bonds. The third-order valence-electron chi connectivity index (χ3n) is 4.47. The van der Waals surface area contributed by atoms with Gasteiger partial charge in [0.05, 0.1) is 20.3 Å². The van der Waals surface area contributed by atoms with Gasteiger partial charge in [-0.25, -0.2) is 9.78 Å². The predicted octanol–water partition coefficient (Wildman–Crippen LogP) is 3.15. The molecule has 1 aromatic heterocycles. The lowest BCUT2D eigenvalue weighted by Crippen LogP contribution is -2.39. The van der Waals surface area contributed by atoms with Gasteiger partial charge in [-0.1, -0.05) is 18.2 Å². The standard InChI is InChI=1S/C19H23N3O3/c1-24-16-8-3-6-14(12-16)17-9-5-11-22(17)19(23)21-13-15-7-4-10-20-18(15)25-2/h3-4,6-8,10,12,17H,5,9,11,13H2,1-2H3,(H,21,23). The summed E-state index contributed by atoms with van der Waals surface area (Å²) in [7, 11) is 3.23. The molecule has 25 heavy (non-hydrogen) atoms. The van der Waals surface area contributed by atoms with Crippen LogP contribution in [0.15, 0.2) is 42.6 Å². The Balaban J connectivity index is 1.68. The van der Waals surface area contributed by atoms with Crippen molar-refractivity contribution < 1.29 is 14.3 Å². The molecule has 6 heteroatoms. The van der Waals surface area contributed by atoms with Crippen LogP contribution in [0.2, 0.25) is 0 Å². The summed E-state index contributed by atoms with van der Waals surface area (Å²) in [4.78, 5) is 18.7. The summed E-state index contributed by atoms with van der Waals surface area (Å²) < 4.78 is 10.5. The summed E-state index contributed by atoms with van der Waals surface area (Å²) in [5.74, 6) is 1.35. The first-order valence-electron chi connectivity index (χ1n) is 8.39. The van der Waals surface area contributed by atoms with Crippen LogP contribution in [-0.4, -0.2) is 36.7 Å². The highest BCUT2D eigenvalue weighted by Gasteiger charge is 2.30. The van der Waals surface area contributed by atoms with E-state index in [0.717, 1.165) is 36.3 Å². The van der Waals surface area contributed by atoms with Crippen LogP contribution in [0.25, 0.3) is 0 Å². The lowest BCUT2D eigenvalue weighted by Gasteiger charge is -2.25. The van der Waals surface area contributed by atoms with Crippen molar-refractivity contribution in [2.75, 3.05) is 20.8 Å². The molecule has 1 saturated heterocycles. The minimum absolute atomic E-state index is 0.0729. The van der Waals surface area contributed by atoms with Crippen molar-refractivity contribution >= 4 is 6.03 Å². The Kier molecular flexibility index (Phi) is 5.38. The summed E-state index contributed by atoms with van der Waals surface area (Å²) in [6.45, 7) is 1.13. The van der Waals surface area contributed by atoms with E-state index in [9.17, 15) is 4.79 Å². The second-order valence-corrected chi connectivity index (χ2v) is 5.96. The summed E-state index contributed by atoms with van der Waals surface area (Å²) in [5.41, 5.74) is 1.96. The lowest BCUT2D eigenvalue weighted by atomic mass is 10.0. The van der Waals surface area contributed by atoms with E-state index in [1.807, 2.05) is 41.3 Å². The molecule has 1 unspecified atom stereocenters. The normalized spacial score (nSPS) is 16.6. The number of carbonyl (C=O) groups is 1. The smallest absolute Gasteiger partial charge is 0.318 e. The molecule has 0 bridgehead atoms. The van der Waals surface area contributed by atoms with E-state index >= 15 is 0 Å². The van der Waals surface area contributed by atoms with Crippen LogP contribution >= 0.6 is 0 Å². The molecule has 132 valence electrons. The van der Waals surface area contributed by atoms with Crippen LogP contribution in [0.1, 0.15) is 30.0 Å². The van der Waals surface area contributed by atoms with E-state index in [0.29, 0.717) is 12.4 Å². The topological polar surface area (TPSA) is 63.7 Å². The highest BCUT2D eigenvalue weighted by Crippen LogP contribution is 2.33. The summed E-state index contributed by atoms with van der Waals surface area (Å²) >= 11 is 0. The minimum atomic E-state index is -0.0729. The van der Waals surface area contributed by atoms with Gasteiger partial charge in [-0.15, -0.1) is 0 Å². The number of pyridine rings is 1. The van der Waals surface area contributed by atoms with Gasteiger partial charge in [0, 0.05) is 24.8 Å². The first kappa shape index (κ1) is 17.1. The first-order valence-corrected chi connectivity index (χ1v) is 8.39. The molecule has 1 atom stereocenters. The molecule has 0 radical (unpaired) electrons. The van der Waals surface area contributed by atoms with Crippen LogP contribution in [0.3, 0.4) is 0 Å².